The minimum atomic E-state index is -0.227. The van der Waals surface area contributed by atoms with Crippen molar-refractivity contribution < 1.29 is 0 Å². The van der Waals surface area contributed by atoms with Crippen LogP contribution in [-0.4, -0.2) is 14.5 Å². The van der Waals surface area contributed by atoms with E-state index in [1.54, 1.807) is 0 Å². The van der Waals surface area contributed by atoms with Gasteiger partial charge in [0.15, 0.2) is 0 Å². The van der Waals surface area contributed by atoms with Crippen molar-refractivity contribution in [2.24, 2.45) is 0 Å². The van der Waals surface area contributed by atoms with Crippen LogP contribution < -0.4 is 0 Å². The number of fused-ring (bicyclic) bond motifs is 11. The summed E-state index contributed by atoms with van der Waals surface area (Å²) in [5, 5.41) is 3.47. The maximum absolute atomic E-state index is 5.46. The third-order valence-corrected chi connectivity index (χ3v) is 12.2. The molecule has 0 unspecified atom stereocenters. The van der Waals surface area contributed by atoms with Crippen LogP contribution in [0.3, 0.4) is 0 Å². The van der Waals surface area contributed by atoms with Crippen molar-refractivity contribution in [2.45, 2.75) is 38.5 Å². The molecule has 0 spiro atoms. The molecular formula is C50H37N3. The first-order valence-electron chi connectivity index (χ1n) is 18.6. The monoisotopic (exact) mass is 679 g/mol. The number of rotatable bonds is 3. The zero-order valence-electron chi connectivity index (χ0n) is 30.3. The Kier molecular flexibility index (Phi) is 6.07. The molecule has 0 N–H and O–H groups in total. The van der Waals surface area contributed by atoms with Gasteiger partial charge >= 0.3 is 0 Å². The van der Waals surface area contributed by atoms with Crippen LogP contribution in [-0.2, 0) is 10.8 Å². The predicted octanol–water partition coefficient (Wildman–Crippen LogP) is 12.7. The third-order valence-electron chi connectivity index (χ3n) is 12.2. The summed E-state index contributed by atoms with van der Waals surface area (Å²) in [7, 11) is 0. The predicted molar refractivity (Wildman–Crippen MR) is 220 cm³/mol. The van der Waals surface area contributed by atoms with Crippen LogP contribution in [0.15, 0.2) is 152 Å². The molecule has 0 aliphatic heterocycles. The fourth-order valence-electron chi connectivity index (χ4n) is 9.81. The van der Waals surface area contributed by atoms with E-state index in [-0.39, 0.29) is 10.8 Å². The first kappa shape index (κ1) is 30.3. The summed E-state index contributed by atoms with van der Waals surface area (Å²) in [6.07, 6.45) is 0. The molecule has 0 fully saturated rings. The maximum atomic E-state index is 5.46. The Labute approximate surface area is 309 Å². The summed E-state index contributed by atoms with van der Waals surface area (Å²) in [4.78, 5) is 10.8. The molecule has 2 aliphatic rings. The minimum Gasteiger partial charge on any atom is -0.278 e. The normalized spacial score (nSPS) is 14.7. The lowest BCUT2D eigenvalue weighted by Crippen LogP contribution is -2.17. The summed E-state index contributed by atoms with van der Waals surface area (Å²) in [5.41, 5.74) is 18.1. The quantitative estimate of drug-likeness (QED) is 0.186. The van der Waals surface area contributed by atoms with Crippen molar-refractivity contribution in [3.8, 4) is 50.6 Å². The summed E-state index contributed by atoms with van der Waals surface area (Å²) in [5.74, 6) is 0.688. The maximum Gasteiger partial charge on any atom is 0.235 e. The van der Waals surface area contributed by atoms with E-state index in [1.165, 1.54) is 71.9 Å². The fraction of sp³-hybridized carbons (Fsp3) is 0.120. The van der Waals surface area contributed by atoms with Gasteiger partial charge in [-0.2, -0.15) is 0 Å². The number of benzene rings is 7. The molecule has 2 heterocycles. The standard InChI is InChI=1S/C50H37N3/c1-49(2)40-22-11-8-17-33(40)35-21-14-20-32(44(35)49)31-25-28-43-39(29-31)37-27-26-36-34-18-9-12-23-41(34)50(3,4)45(36)47(37)53(43)48-51-42-24-13-10-19-38(42)46(52-48)30-15-6-5-7-16-30/h5-29H,1-4H3. The lowest BCUT2D eigenvalue weighted by Gasteiger charge is -2.24. The van der Waals surface area contributed by atoms with Crippen LogP contribution in [0.4, 0.5) is 0 Å². The second-order valence-corrected chi connectivity index (χ2v) is 15.8. The SMILES string of the molecule is CC1(C)c2ccccc2-c2cccc(-c3ccc4c(c3)c3ccc5c(c3n4-c3nc(-c4ccccc4)c4ccccc4n3)C(C)(C)c3ccccc3-5)c21. The van der Waals surface area contributed by atoms with Gasteiger partial charge in [-0.25, -0.2) is 9.97 Å². The van der Waals surface area contributed by atoms with Crippen LogP contribution in [0.1, 0.15) is 49.9 Å². The Morgan fingerprint density at radius 1 is 0.434 bits per heavy atom. The highest BCUT2D eigenvalue weighted by Gasteiger charge is 2.40. The van der Waals surface area contributed by atoms with Gasteiger partial charge in [0, 0.05) is 32.6 Å². The smallest absolute Gasteiger partial charge is 0.235 e. The van der Waals surface area contributed by atoms with Crippen molar-refractivity contribution in [1.29, 1.82) is 0 Å². The second kappa shape index (κ2) is 10.6. The number of para-hydroxylation sites is 1. The highest BCUT2D eigenvalue weighted by atomic mass is 15.2. The molecule has 3 heteroatoms. The molecule has 0 amide bonds. The highest BCUT2D eigenvalue weighted by molar-refractivity contribution is 6.14. The molecule has 0 radical (unpaired) electrons. The topological polar surface area (TPSA) is 30.7 Å². The number of hydrogen-bond donors (Lipinski definition) is 0. The average Bonchev–Trinajstić information content (AvgIpc) is 3.74. The van der Waals surface area contributed by atoms with Gasteiger partial charge in [-0.1, -0.05) is 161 Å². The first-order chi connectivity index (χ1) is 25.8. The molecule has 252 valence electrons. The second-order valence-electron chi connectivity index (χ2n) is 15.8. The zero-order chi connectivity index (χ0) is 35.6. The zero-order valence-corrected chi connectivity index (χ0v) is 30.3. The Bertz CT molecular complexity index is 3000. The van der Waals surface area contributed by atoms with E-state index in [2.05, 4.69) is 184 Å². The first-order valence-corrected chi connectivity index (χ1v) is 18.6. The lowest BCUT2D eigenvalue weighted by atomic mass is 9.78. The molecule has 9 aromatic rings. The highest BCUT2D eigenvalue weighted by Crippen LogP contribution is 2.55. The van der Waals surface area contributed by atoms with E-state index >= 15 is 0 Å². The van der Waals surface area contributed by atoms with Gasteiger partial charge in [0.25, 0.3) is 0 Å². The van der Waals surface area contributed by atoms with Gasteiger partial charge in [-0.15, -0.1) is 0 Å². The van der Waals surface area contributed by atoms with Gasteiger partial charge in [0.05, 0.1) is 22.2 Å². The van der Waals surface area contributed by atoms with Gasteiger partial charge in [0.2, 0.25) is 5.95 Å². The Morgan fingerprint density at radius 2 is 1.06 bits per heavy atom. The molecule has 3 nitrogen and oxygen atoms in total. The Balaban J connectivity index is 1.24. The van der Waals surface area contributed by atoms with E-state index in [4.69, 9.17) is 9.97 Å². The van der Waals surface area contributed by atoms with Gasteiger partial charge in [-0.3, -0.25) is 4.57 Å². The van der Waals surface area contributed by atoms with E-state index in [9.17, 15) is 0 Å². The summed E-state index contributed by atoms with van der Waals surface area (Å²) in [6.45, 7) is 9.48. The third kappa shape index (κ3) is 4.05. The van der Waals surface area contributed by atoms with Crippen LogP contribution in [0.5, 0.6) is 0 Å². The molecule has 2 aromatic heterocycles. The van der Waals surface area contributed by atoms with Crippen molar-refractivity contribution in [3.05, 3.63) is 174 Å². The molecule has 0 saturated heterocycles. The van der Waals surface area contributed by atoms with E-state index in [0.29, 0.717) is 5.95 Å². The largest absolute Gasteiger partial charge is 0.278 e. The average molecular weight is 680 g/mol. The molecule has 0 saturated carbocycles. The van der Waals surface area contributed by atoms with Gasteiger partial charge in [0.1, 0.15) is 0 Å². The van der Waals surface area contributed by atoms with Crippen LogP contribution >= 0.6 is 0 Å². The molecule has 11 rings (SSSR count). The van der Waals surface area contributed by atoms with Crippen molar-refractivity contribution >= 4 is 32.7 Å². The number of aromatic nitrogens is 3. The van der Waals surface area contributed by atoms with Crippen molar-refractivity contribution in [3.63, 3.8) is 0 Å². The molecular weight excluding hydrogens is 643 g/mol. The molecule has 2 aliphatic carbocycles. The van der Waals surface area contributed by atoms with E-state index in [0.717, 1.165) is 27.7 Å². The molecule has 53 heavy (non-hydrogen) atoms. The van der Waals surface area contributed by atoms with E-state index < -0.39 is 0 Å². The van der Waals surface area contributed by atoms with Crippen LogP contribution in [0.25, 0.3) is 83.3 Å². The molecule has 0 atom stereocenters. The van der Waals surface area contributed by atoms with E-state index in [1.807, 2.05) is 0 Å². The minimum absolute atomic E-state index is 0.116. The van der Waals surface area contributed by atoms with Crippen molar-refractivity contribution in [2.75, 3.05) is 0 Å². The van der Waals surface area contributed by atoms with Crippen molar-refractivity contribution in [1.82, 2.24) is 14.5 Å². The fourth-order valence-corrected chi connectivity index (χ4v) is 9.81. The molecule has 7 aromatic carbocycles. The van der Waals surface area contributed by atoms with Crippen LogP contribution in [0.2, 0.25) is 0 Å². The summed E-state index contributed by atoms with van der Waals surface area (Å²) in [6, 6.07) is 55.2. The Morgan fingerprint density at radius 3 is 1.83 bits per heavy atom. The summed E-state index contributed by atoms with van der Waals surface area (Å²) >= 11 is 0. The Hall–Kier alpha value is -6.32. The van der Waals surface area contributed by atoms with Gasteiger partial charge < -0.3 is 0 Å². The van der Waals surface area contributed by atoms with Gasteiger partial charge in [-0.05, 0) is 73.8 Å². The number of nitrogens with zero attached hydrogens (tertiary/aromatic N) is 3. The number of hydrogen-bond acceptors (Lipinski definition) is 2. The summed E-state index contributed by atoms with van der Waals surface area (Å²) < 4.78 is 2.36. The molecule has 0 bridgehead atoms. The van der Waals surface area contributed by atoms with Crippen LogP contribution in [0, 0.1) is 0 Å². The lowest BCUT2D eigenvalue weighted by molar-refractivity contribution is 0.662.